The van der Waals surface area contributed by atoms with Crippen molar-refractivity contribution in [2.24, 2.45) is 0 Å². The van der Waals surface area contributed by atoms with Crippen LogP contribution in [-0.2, 0) is 0 Å². The molecule has 8 heteroatoms. The zero-order valence-electron chi connectivity index (χ0n) is 33.3. The van der Waals surface area contributed by atoms with E-state index >= 15 is 0 Å². The quantitative estimate of drug-likeness (QED) is 0.175. The summed E-state index contributed by atoms with van der Waals surface area (Å²) in [6, 6.07) is 77.7. The fourth-order valence-electron chi connectivity index (χ4n) is 9.91. The van der Waals surface area contributed by atoms with Gasteiger partial charge in [0, 0.05) is 0 Å². The van der Waals surface area contributed by atoms with Gasteiger partial charge in [0.05, 0.1) is 0 Å². The molecule has 62 heavy (non-hydrogen) atoms. The molecule has 9 aromatic carbocycles. The Balaban J connectivity index is 1.11. The molecule has 0 amide bonds. The van der Waals surface area contributed by atoms with Gasteiger partial charge < -0.3 is 0 Å². The van der Waals surface area contributed by atoms with Crippen LogP contribution < -0.4 is 60.4 Å². The fourth-order valence-corrected chi connectivity index (χ4v) is 17.1. The molecule has 9 aromatic rings. The van der Waals surface area contributed by atoms with Crippen LogP contribution in [0.5, 0.6) is 0 Å². The summed E-state index contributed by atoms with van der Waals surface area (Å²) >= 11 is 4.06. The molecule has 4 heterocycles. The number of nitrogens with zero attached hydrogens (tertiary/aromatic N) is 2. The second-order valence-electron chi connectivity index (χ2n) is 16.0. The molecule has 0 aromatic heterocycles. The van der Waals surface area contributed by atoms with Crippen molar-refractivity contribution in [3.05, 3.63) is 206 Å². The first-order valence-electron chi connectivity index (χ1n) is 21.0. The molecule has 2 nitrogen and oxygen atoms in total. The molecule has 0 atom stereocenters. The van der Waals surface area contributed by atoms with Crippen molar-refractivity contribution in [2.75, 3.05) is 9.80 Å². The van der Waals surface area contributed by atoms with Crippen molar-refractivity contribution < 1.29 is 0 Å². The molecule has 0 aliphatic carbocycles. The van der Waals surface area contributed by atoms with E-state index in [0.29, 0.717) is 0 Å². The van der Waals surface area contributed by atoms with Gasteiger partial charge in [-0.05, 0) is 0 Å². The Morgan fingerprint density at radius 1 is 0.306 bits per heavy atom. The van der Waals surface area contributed by atoms with Crippen molar-refractivity contribution in [1.29, 1.82) is 0 Å². The Bertz CT molecular complexity index is 3010. The average Bonchev–Trinajstić information content (AvgIpc) is 3.32. The van der Waals surface area contributed by atoms with Crippen LogP contribution in [0.4, 0.5) is 34.1 Å². The van der Waals surface area contributed by atoms with Crippen LogP contribution in [0.3, 0.4) is 0 Å². The van der Waals surface area contributed by atoms with Gasteiger partial charge in [-0.15, -0.1) is 0 Å². The first-order valence-corrected chi connectivity index (χ1v) is 26.0. The zero-order valence-corrected chi connectivity index (χ0v) is 38.4. The van der Waals surface area contributed by atoms with Gasteiger partial charge in [-0.3, -0.25) is 0 Å². The SMILES string of the molecule is c1ccc(Sc2cc3c4c(c2)N(c2ccccc2)c2cc5c(cc2B4c2ccccc2[Se]3)B2c3ccccc3[Se]c3cc(Sc4ccccc4)cc(c32)N5c2ccccc2)cc1. The van der Waals surface area contributed by atoms with Gasteiger partial charge in [0.1, 0.15) is 0 Å². The van der Waals surface area contributed by atoms with Crippen molar-refractivity contribution >= 4 is 152 Å². The van der Waals surface area contributed by atoms with Gasteiger partial charge in [0.25, 0.3) is 0 Å². The molecule has 0 saturated carbocycles. The third-order valence-electron chi connectivity index (χ3n) is 12.4. The molecule has 0 N–H and O–H groups in total. The predicted octanol–water partition coefficient (Wildman–Crippen LogP) is 6.52. The molecule has 0 unspecified atom stereocenters. The first kappa shape index (κ1) is 37.0. The Morgan fingerprint density at radius 2 is 0.694 bits per heavy atom. The zero-order chi connectivity index (χ0) is 40.7. The summed E-state index contributed by atoms with van der Waals surface area (Å²) < 4.78 is 5.92. The maximum absolute atomic E-state index is 2.65. The second-order valence-corrected chi connectivity index (χ2v) is 22.8. The third kappa shape index (κ3) is 6.04. The molecular formula is C54H34B2N2S2Se2. The summed E-state index contributed by atoms with van der Waals surface area (Å²) in [5.74, 6) is 0. The molecule has 0 fully saturated rings. The monoisotopic (exact) mass is 956 g/mol. The normalized spacial score (nSPS) is 13.7. The van der Waals surface area contributed by atoms with Gasteiger partial charge in [-0.1, -0.05) is 0 Å². The second kappa shape index (κ2) is 15.1. The first-order chi connectivity index (χ1) is 30.7. The van der Waals surface area contributed by atoms with E-state index in [4.69, 9.17) is 0 Å². The summed E-state index contributed by atoms with van der Waals surface area (Å²) in [5.41, 5.74) is 16.0. The van der Waals surface area contributed by atoms with E-state index in [2.05, 4.69) is 216 Å². The molecule has 290 valence electrons. The standard InChI is InChI=1S/C54H34B2N2S2Se2/c1-5-17-35(18-6-1)57-45-34-46-44(33-43(45)55-41-25-13-15-27-49(41)61-51-31-39(29-47(57)53(51)55)59-37-21-9-3-10-22-37)56-42-26-14-16-28-50(42)62-52-32-40(60-38-23-11-4-12-24-38)30-48(54(52)56)58(46)36-19-7-2-8-20-36/h1-34H. The fraction of sp³-hybridized carbons (Fsp3) is 0. The van der Waals surface area contributed by atoms with Gasteiger partial charge in [0.2, 0.25) is 0 Å². The minimum atomic E-state index is 0.113. The Morgan fingerprint density at radius 3 is 1.13 bits per heavy atom. The number of hydrogen-bond donors (Lipinski definition) is 0. The third-order valence-corrected chi connectivity index (χ3v) is 19.2. The van der Waals surface area contributed by atoms with Gasteiger partial charge in [0.15, 0.2) is 0 Å². The molecule has 0 spiro atoms. The van der Waals surface area contributed by atoms with Crippen molar-refractivity contribution in [2.45, 2.75) is 19.6 Å². The Labute approximate surface area is 384 Å². The minimum absolute atomic E-state index is 0.113. The van der Waals surface area contributed by atoms with Crippen LogP contribution in [0.1, 0.15) is 0 Å². The van der Waals surface area contributed by atoms with Crippen molar-refractivity contribution in [3.63, 3.8) is 0 Å². The Hall–Kier alpha value is -5.55. The number of rotatable bonds is 6. The number of hydrogen-bond acceptors (Lipinski definition) is 4. The van der Waals surface area contributed by atoms with E-state index in [9.17, 15) is 0 Å². The molecular weight excluding hydrogens is 920 g/mol. The predicted molar refractivity (Wildman–Crippen MR) is 269 cm³/mol. The average molecular weight is 955 g/mol. The maximum atomic E-state index is 2.65. The number of para-hydroxylation sites is 2. The molecule has 4 aliphatic heterocycles. The van der Waals surface area contributed by atoms with E-state index in [1.807, 2.05) is 23.5 Å². The summed E-state index contributed by atoms with van der Waals surface area (Å²) in [5, 5.41) is 0. The molecule has 13 rings (SSSR count). The van der Waals surface area contributed by atoms with Crippen LogP contribution in [-0.4, -0.2) is 43.3 Å². The molecule has 0 saturated heterocycles. The summed E-state index contributed by atoms with van der Waals surface area (Å²) in [6.45, 7) is 0.225. The van der Waals surface area contributed by atoms with E-state index in [1.165, 1.54) is 104 Å². The van der Waals surface area contributed by atoms with E-state index in [1.54, 1.807) is 0 Å². The summed E-state index contributed by atoms with van der Waals surface area (Å²) in [7, 11) is 0. The van der Waals surface area contributed by atoms with Gasteiger partial charge in [-0.25, -0.2) is 0 Å². The summed E-state index contributed by atoms with van der Waals surface area (Å²) in [6.07, 6.45) is 0. The molecule has 0 bridgehead atoms. The Kier molecular flexibility index (Phi) is 9.00. The van der Waals surface area contributed by atoms with Crippen LogP contribution in [0.2, 0.25) is 0 Å². The van der Waals surface area contributed by atoms with Gasteiger partial charge >= 0.3 is 387 Å². The number of fused-ring (bicyclic) bond motifs is 8. The van der Waals surface area contributed by atoms with Crippen LogP contribution in [0.25, 0.3) is 0 Å². The van der Waals surface area contributed by atoms with Crippen molar-refractivity contribution in [3.8, 4) is 0 Å². The van der Waals surface area contributed by atoms with Crippen LogP contribution in [0, 0.1) is 0 Å². The van der Waals surface area contributed by atoms with E-state index in [-0.39, 0.29) is 43.3 Å². The molecule has 4 aliphatic rings. The molecule has 0 radical (unpaired) electrons. The van der Waals surface area contributed by atoms with Crippen molar-refractivity contribution in [1.82, 2.24) is 0 Å². The van der Waals surface area contributed by atoms with E-state index in [0.717, 1.165) is 0 Å². The van der Waals surface area contributed by atoms with Gasteiger partial charge in [-0.2, -0.15) is 0 Å². The van der Waals surface area contributed by atoms with Crippen LogP contribution >= 0.6 is 23.5 Å². The summed E-state index contributed by atoms with van der Waals surface area (Å²) in [4.78, 5) is 10.3. The topological polar surface area (TPSA) is 6.48 Å². The van der Waals surface area contributed by atoms with E-state index < -0.39 is 0 Å². The number of anilines is 6. The number of benzene rings is 9. The van der Waals surface area contributed by atoms with Crippen LogP contribution in [0.15, 0.2) is 226 Å².